The minimum atomic E-state index is -1.25. The van der Waals surface area contributed by atoms with Crippen LogP contribution in [-0.4, -0.2) is 65.2 Å². The molecule has 10 heteroatoms. The van der Waals surface area contributed by atoms with Crippen molar-refractivity contribution in [3.8, 4) is 0 Å². The molecule has 0 spiro atoms. The predicted molar refractivity (Wildman–Crippen MR) is 80.1 cm³/mol. The van der Waals surface area contributed by atoms with Crippen molar-refractivity contribution in [2.75, 3.05) is 13.2 Å². The third-order valence-corrected chi connectivity index (χ3v) is 3.00. The fraction of sp³-hybridized carbons (Fsp3) is 0.692. The van der Waals surface area contributed by atoms with Crippen LogP contribution in [0.5, 0.6) is 0 Å². The normalized spacial score (nSPS) is 14.5. The number of aliphatic carboxylic acids is 1. The van der Waals surface area contributed by atoms with Gasteiger partial charge in [0, 0.05) is 0 Å². The molecule has 7 N–H and O–H groups in total. The lowest BCUT2D eigenvalue weighted by atomic mass is 10.0. The van der Waals surface area contributed by atoms with Gasteiger partial charge in [-0.3, -0.25) is 19.2 Å². The summed E-state index contributed by atoms with van der Waals surface area (Å²) in [7, 11) is 0. The van der Waals surface area contributed by atoms with Gasteiger partial charge in [-0.25, -0.2) is 0 Å². The molecule has 3 atom stereocenters. The van der Waals surface area contributed by atoms with Gasteiger partial charge in [0.25, 0.3) is 0 Å². The number of nitrogens with two attached hydrogens (primary N) is 1. The van der Waals surface area contributed by atoms with Crippen LogP contribution in [0.1, 0.15) is 20.8 Å². The summed E-state index contributed by atoms with van der Waals surface area (Å²) in [5, 5.41) is 24.8. The first kappa shape index (κ1) is 20.8. The van der Waals surface area contributed by atoms with Crippen LogP contribution in [0.4, 0.5) is 0 Å². The van der Waals surface area contributed by atoms with Crippen molar-refractivity contribution in [1.82, 2.24) is 16.0 Å². The molecule has 0 heterocycles. The first-order valence-electron chi connectivity index (χ1n) is 7.07. The fourth-order valence-electron chi connectivity index (χ4n) is 1.60. The van der Waals surface area contributed by atoms with Crippen molar-refractivity contribution < 1.29 is 29.4 Å². The van der Waals surface area contributed by atoms with Crippen LogP contribution in [0.25, 0.3) is 0 Å². The van der Waals surface area contributed by atoms with E-state index in [1.807, 2.05) is 0 Å². The van der Waals surface area contributed by atoms with Crippen LogP contribution in [0, 0.1) is 5.92 Å². The van der Waals surface area contributed by atoms with E-state index < -0.39 is 48.4 Å². The molecular weight excluding hydrogens is 308 g/mol. The summed E-state index contributed by atoms with van der Waals surface area (Å²) < 4.78 is 0. The zero-order valence-electron chi connectivity index (χ0n) is 13.3. The Labute approximate surface area is 133 Å². The Bertz CT molecular complexity index is 454. The molecule has 3 amide bonds. The zero-order chi connectivity index (χ0) is 18.2. The van der Waals surface area contributed by atoms with E-state index in [-0.39, 0.29) is 12.5 Å². The summed E-state index contributed by atoms with van der Waals surface area (Å²) in [6, 6.07) is -3.39. The molecule has 0 radical (unpaired) electrons. The van der Waals surface area contributed by atoms with Crippen molar-refractivity contribution in [2.24, 2.45) is 11.7 Å². The van der Waals surface area contributed by atoms with Crippen LogP contribution in [0.2, 0.25) is 0 Å². The van der Waals surface area contributed by atoms with Crippen LogP contribution < -0.4 is 21.7 Å². The van der Waals surface area contributed by atoms with Gasteiger partial charge in [0.1, 0.15) is 18.1 Å². The second kappa shape index (κ2) is 9.74. The standard InChI is InChI=1S/C13H24N4O6/c1-6(2)10(12(21)15-7(3)13(22)23)17-11(20)8(5-18)16-9(19)4-14/h6-8,10,18H,4-5,14H2,1-3H3,(H,15,21)(H,16,19)(H,17,20)(H,22,23). The highest BCUT2D eigenvalue weighted by Crippen LogP contribution is 2.03. The van der Waals surface area contributed by atoms with Gasteiger partial charge in [-0.05, 0) is 12.8 Å². The first-order chi connectivity index (χ1) is 10.6. The van der Waals surface area contributed by atoms with Gasteiger partial charge in [-0.2, -0.15) is 0 Å². The number of carboxylic acids is 1. The van der Waals surface area contributed by atoms with Gasteiger partial charge >= 0.3 is 5.97 Å². The number of nitrogens with one attached hydrogen (secondary N) is 3. The molecule has 23 heavy (non-hydrogen) atoms. The summed E-state index contributed by atoms with van der Waals surface area (Å²) in [4.78, 5) is 46.1. The molecule has 0 bridgehead atoms. The maximum atomic E-state index is 12.1. The predicted octanol–water partition coefficient (Wildman–Crippen LogP) is -2.85. The molecule has 0 rings (SSSR count). The van der Waals surface area contributed by atoms with E-state index in [2.05, 4.69) is 16.0 Å². The highest BCUT2D eigenvalue weighted by atomic mass is 16.4. The first-order valence-corrected chi connectivity index (χ1v) is 7.07. The van der Waals surface area contributed by atoms with Gasteiger partial charge < -0.3 is 31.9 Å². The molecule has 0 fully saturated rings. The van der Waals surface area contributed by atoms with E-state index in [9.17, 15) is 19.2 Å². The molecule has 132 valence electrons. The highest BCUT2D eigenvalue weighted by molar-refractivity contribution is 5.93. The van der Waals surface area contributed by atoms with Crippen LogP contribution in [0.15, 0.2) is 0 Å². The number of hydrogen-bond acceptors (Lipinski definition) is 6. The Morgan fingerprint density at radius 3 is 1.96 bits per heavy atom. The van der Waals surface area contributed by atoms with E-state index in [1.54, 1.807) is 13.8 Å². The lowest BCUT2D eigenvalue weighted by molar-refractivity contribution is -0.142. The molecule has 0 aliphatic carbocycles. The molecule has 0 saturated carbocycles. The highest BCUT2D eigenvalue weighted by Gasteiger charge is 2.29. The monoisotopic (exact) mass is 332 g/mol. The van der Waals surface area contributed by atoms with Gasteiger partial charge in [0.15, 0.2) is 0 Å². The number of aliphatic hydroxyl groups is 1. The van der Waals surface area contributed by atoms with Gasteiger partial charge in [0.2, 0.25) is 17.7 Å². The number of carboxylic acid groups (broad SMARTS) is 1. The molecule has 0 aromatic heterocycles. The molecule has 3 unspecified atom stereocenters. The van der Waals surface area contributed by atoms with Crippen molar-refractivity contribution in [3.63, 3.8) is 0 Å². The van der Waals surface area contributed by atoms with E-state index in [0.29, 0.717) is 0 Å². The number of amides is 3. The van der Waals surface area contributed by atoms with Crippen molar-refractivity contribution in [3.05, 3.63) is 0 Å². The Balaban J connectivity index is 4.91. The minimum absolute atomic E-state index is 0.343. The molecular formula is C13H24N4O6. The zero-order valence-corrected chi connectivity index (χ0v) is 13.3. The Morgan fingerprint density at radius 1 is 1.00 bits per heavy atom. The summed E-state index contributed by atoms with van der Waals surface area (Å²) >= 11 is 0. The molecule has 0 aliphatic rings. The van der Waals surface area contributed by atoms with Crippen LogP contribution in [-0.2, 0) is 19.2 Å². The molecule has 0 aromatic rings. The largest absolute Gasteiger partial charge is 0.480 e. The average molecular weight is 332 g/mol. The maximum absolute atomic E-state index is 12.1. The number of aliphatic hydroxyl groups excluding tert-OH is 1. The molecule has 0 aliphatic heterocycles. The SMILES string of the molecule is CC(NC(=O)C(NC(=O)C(CO)NC(=O)CN)C(C)C)C(=O)O. The van der Waals surface area contributed by atoms with Crippen molar-refractivity contribution in [2.45, 2.75) is 38.9 Å². The quantitative estimate of drug-likeness (QED) is 0.264. The number of carbonyl (C=O) groups excluding carboxylic acids is 3. The lowest BCUT2D eigenvalue weighted by Crippen LogP contribution is -2.58. The van der Waals surface area contributed by atoms with Crippen molar-refractivity contribution in [1.29, 1.82) is 0 Å². The third kappa shape index (κ3) is 7.06. The number of hydrogen-bond donors (Lipinski definition) is 6. The van der Waals surface area contributed by atoms with E-state index in [4.69, 9.17) is 15.9 Å². The van der Waals surface area contributed by atoms with Crippen LogP contribution in [0.3, 0.4) is 0 Å². The minimum Gasteiger partial charge on any atom is -0.480 e. The van der Waals surface area contributed by atoms with E-state index >= 15 is 0 Å². The Morgan fingerprint density at radius 2 is 1.57 bits per heavy atom. The van der Waals surface area contributed by atoms with E-state index in [1.165, 1.54) is 6.92 Å². The molecule has 0 saturated heterocycles. The van der Waals surface area contributed by atoms with Gasteiger partial charge in [-0.1, -0.05) is 13.8 Å². The summed E-state index contributed by atoms with van der Waals surface area (Å²) in [5.41, 5.74) is 5.11. The Hall–Kier alpha value is -2.20. The smallest absolute Gasteiger partial charge is 0.325 e. The third-order valence-electron chi connectivity index (χ3n) is 3.00. The number of rotatable bonds is 9. The fourth-order valence-corrected chi connectivity index (χ4v) is 1.60. The number of carbonyl (C=O) groups is 4. The van der Waals surface area contributed by atoms with Gasteiger partial charge in [0.05, 0.1) is 13.2 Å². The topological polar surface area (TPSA) is 171 Å². The second-order valence-electron chi connectivity index (χ2n) is 5.31. The lowest BCUT2D eigenvalue weighted by Gasteiger charge is -2.25. The maximum Gasteiger partial charge on any atom is 0.325 e. The second-order valence-corrected chi connectivity index (χ2v) is 5.31. The summed E-state index contributed by atoms with van der Waals surface area (Å²) in [6.07, 6.45) is 0. The molecule has 10 nitrogen and oxygen atoms in total. The summed E-state index contributed by atoms with van der Waals surface area (Å²) in [5.74, 6) is -3.64. The van der Waals surface area contributed by atoms with Crippen molar-refractivity contribution >= 4 is 23.7 Å². The Kier molecular flexibility index (Phi) is 8.81. The summed E-state index contributed by atoms with van der Waals surface area (Å²) in [6.45, 7) is 3.58. The average Bonchev–Trinajstić information content (AvgIpc) is 2.48. The van der Waals surface area contributed by atoms with E-state index in [0.717, 1.165) is 0 Å². The van der Waals surface area contributed by atoms with Gasteiger partial charge in [-0.15, -0.1) is 0 Å². The molecule has 0 aromatic carbocycles. The van der Waals surface area contributed by atoms with Crippen LogP contribution >= 0.6 is 0 Å².